The van der Waals surface area contributed by atoms with Crippen molar-refractivity contribution in [3.63, 3.8) is 0 Å². The number of imide groups is 1. The van der Waals surface area contributed by atoms with Crippen LogP contribution in [-0.2, 0) is 9.59 Å². The Morgan fingerprint density at radius 1 is 1.03 bits per heavy atom. The van der Waals surface area contributed by atoms with E-state index in [2.05, 4.69) is 32.6 Å². The molecule has 3 aliphatic heterocycles. The van der Waals surface area contributed by atoms with Gasteiger partial charge in [-0.15, -0.1) is 0 Å². The van der Waals surface area contributed by atoms with Crippen LogP contribution in [0.25, 0.3) is 0 Å². The number of fused-ring (bicyclic) bond motifs is 1. The van der Waals surface area contributed by atoms with Crippen LogP contribution < -0.4 is 21.4 Å². The van der Waals surface area contributed by atoms with Crippen LogP contribution in [0.1, 0.15) is 19.3 Å². The topological polar surface area (TPSA) is 93.9 Å². The summed E-state index contributed by atoms with van der Waals surface area (Å²) in [4.78, 5) is 28.2. The Labute approximate surface area is 177 Å². The van der Waals surface area contributed by atoms with Gasteiger partial charge in [0.05, 0.1) is 0 Å². The number of hydrazine groups is 1. The molecule has 0 spiro atoms. The summed E-state index contributed by atoms with van der Waals surface area (Å²) < 4.78 is 0. The molecule has 1 aromatic rings. The van der Waals surface area contributed by atoms with Crippen molar-refractivity contribution < 1.29 is 9.59 Å². The Hall–Kier alpha value is -2.16. The van der Waals surface area contributed by atoms with E-state index in [9.17, 15) is 9.59 Å². The molecule has 3 saturated heterocycles. The van der Waals surface area contributed by atoms with Gasteiger partial charge in [-0.3, -0.25) is 25.6 Å². The van der Waals surface area contributed by atoms with Crippen LogP contribution in [0.3, 0.4) is 0 Å². The second kappa shape index (κ2) is 8.17. The van der Waals surface area contributed by atoms with E-state index >= 15 is 0 Å². The highest BCUT2D eigenvalue weighted by Crippen LogP contribution is 2.52. The molecule has 1 aromatic carbocycles. The Bertz CT molecular complexity index is 779. The summed E-state index contributed by atoms with van der Waals surface area (Å²) in [5, 5.41) is 7.61. The fraction of sp³-hybridized carbons (Fsp3) is 0.636. The molecule has 8 nitrogen and oxygen atoms in total. The van der Waals surface area contributed by atoms with E-state index in [0.717, 1.165) is 62.7 Å². The molecule has 0 aromatic heterocycles. The first-order valence-corrected chi connectivity index (χ1v) is 11.2. The first kappa shape index (κ1) is 19.8. The third-order valence-corrected chi connectivity index (χ3v) is 7.36. The van der Waals surface area contributed by atoms with Crippen LogP contribution in [-0.4, -0.2) is 73.6 Å². The molecule has 8 heteroatoms. The van der Waals surface area contributed by atoms with Gasteiger partial charge < -0.3 is 10.2 Å². The van der Waals surface area contributed by atoms with Crippen LogP contribution >= 0.6 is 0 Å². The SMILES string of the molecule is NN1CC2C(CCN3CCN(c4ccc(NC5CCC(=O)NC5=O)cc4)CC3)C2C1. The lowest BCUT2D eigenvalue weighted by Gasteiger charge is -2.36. The standard InChI is InChI=1S/C22H32N6O2/c23-28-13-18-17(19(18)14-28)7-8-26-9-11-27(12-10-26)16-3-1-15(2-4-16)24-20-5-6-21(29)25-22(20)30/h1-4,17-20,24H,5-14,23H2,(H,25,29,30). The molecular formula is C22H32N6O2. The number of nitrogens with zero attached hydrogens (tertiary/aromatic N) is 3. The average molecular weight is 413 g/mol. The number of amides is 2. The summed E-state index contributed by atoms with van der Waals surface area (Å²) in [6.07, 6.45) is 2.25. The van der Waals surface area contributed by atoms with Gasteiger partial charge >= 0.3 is 0 Å². The van der Waals surface area contributed by atoms with Crippen molar-refractivity contribution in [2.24, 2.45) is 23.6 Å². The van der Waals surface area contributed by atoms with Crippen molar-refractivity contribution in [3.8, 4) is 0 Å². The first-order chi connectivity index (χ1) is 14.6. The van der Waals surface area contributed by atoms with Gasteiger partial charge in [-0.25, -0.2) is 5.01 Å². The van der Waals surface area contributed by atoms with Crippen molar-refractivity contribution in [1.29, 1.82) is 0 Å². The predicted octanol–water partition coefficient (Wildman–Crippen LogP) is 0.467. The fourth-order valence-electron chi connectivity index (χ4n) is 5.47. The molecule has 1 saturated carbocycles. The van der Waals surface area contributed by atoms with Crippen molar-refractivity contribution in [2.45, 2.75) is 25.3 Å². The van der Waals surface area contributed by atoms with Gasteiger partial charge in [-0.05, 0) is 61.4 Å². The van der Waals surface area contributed by atoms with Crippen LogP contribution in [0, 0.1) is 17.8 Å². The molecule has 1 aliphatic carbocycles. The van der Waals surface area contributed by atoms with E-state index in [1.807, 2.05) is 17.1 Å². The lowest BCUT2D eigenvalue weighted by molar-refractivity contribution is -0.133. The molecule has 3 unspecified atom stereocenters. The quantitative estimate of drug-likeness (QED) is 0.462. The zero-order valence-electron chi connectivity index (χ0n) is 17.4. The molecule has 2 amide bonds. The lowest BCUT2D eigenvalue weighted by atomic mass is 10.1. The number of carbonyl (C=O) groups is 2. The fourth-order valence-corrected chi connectivity index (χ4v) is 5.47. The summed E-state index contributed by atoms with van der Waals surface area (Å²) in [5.41, 5.74) is 2.14. The third kappa shape index (κ3) is 4.17. The van der Waals surface area contributed by atoms with E-state index in [-0.39, 0.29) is 17.9 Å². The number of piperidine rings is 2. The average Bonchev–Trinajstić information content (AvgIpc) is 3.21. The Morgan fingerprint density at radius 2 is 1.73 bits per heavy atom. The van der Waals surface area contributed by atoms with Crippen molar-refractivity contribution in [3.05, 3.63) is 24.3 Å². The summed E-state index contributed by atoms with van der Waals surface area (Å²) in [7, 11) is 0. The zero-order chi connectivity index (χ0) is 20.7. The maximum atomic E-state index is 11.9. The number of hydrogen-bond acceptors (Lipinski definition) is 7. The number of nitrogens with two attached hydrogens (primary N) is 1. The molecule has 4 fully saturated rings. The highest BCUT2D eigenvalue weighted by Gasteiger charge is 2.54. The predicted molar refractivity (Wildman–Crippen MR) is 116 cm³/mol. The van der Waals surface area contributed by atoms with Gasteiger partial charge in [-0.1, -0.05) is 0 Å². The highest BCUT2D eigenvalue weighted by molar-refractivity contribution is 6.01. The van der Waals surface area contributed by atoms with Gasteiger partial charge in [0.15, 0.2) is 0 Å². The second-order valence-corrected chi connectivity index (χ2v) is 9.26. The van der Waals surface area contributed by atoms with Gasteiger partial charge in [-0.2, -0.15) is 0 Å². The lowest BCUT2D eigenvalue weighted by Crippen LogP contribution is -2.47. The number of benzene rings is 1. The van der Waals surface area contributed by atoms with Crippen molar-refractivity contribution in [1.82, 2.24) is 15.2 Å². The molecule has 4 aliphatic rings. The Morgan fingerprint density at radius 3 is 2.40 bits per heavy atom. The second-order valence-electron chi connectivity index (χ2n) is 9.26. The minimum atomic E-state index is -0.337. The van der Waals surface area contributed by atoms with E-state index in [0.29, 0.717) is 12.8 Å². The number of rotatable bonds is 6. The maximum Gasteiger partial charge on any atom is 0.249 e. The van der Waals surface area contributed by atoms with Crippen LogP contribution in [0.5, 0.6) is 0 Å². The van der Waals surface area contributed by atoms with Crippen molar-refractivity contribution >= 4 is 23.2 Å². The Balaban J connectivity index is 1.06. The minimum absolute atomic E-state index is 0.185. The van der Waals surface area contributed by atoms with Crippen LogP contribution in [0.15, 0.2) is 24.3 Å². The van der Waals surface area contributed by atoms with Crippen LogP contribution in [0.2, 0.25) is 0 Å². The smallest absolute Gasteiger partial charge is 0.249 e. The monoisotopic (exact) mass is 412 g/mol. The normalized spacial score (nSPS) is 32.1. The van der Waals surface area contributed by atoms with Crippen LogP contribution in [0.4, 0.5) is 11.4 Å². The molecule has 0 radical (unpaired) electrons. The molecule has 162 valence electrons. The summed E-state index contributed by atoms with van der Waals surface area (Å²) in [6, 6.07) is 7.95. The van der Waals surface area contributed by atoms with Gasteiger partial charge in [0, 0.05) is 57.1 Å². The van der Waals surface area contributed by atoms with E-state index in [1.165, 1.54) is 18.7 Å². The number of nitrogens with one attached hydrogen (secondary N) is 2. The van der Waals surface area contributed by atoms with Gasteiger partial charge in [0.2, 0.25) is 11.8 Å². The molecule has 4 N–H and O–H groups in total. The van der Waals surface area contributed by atoms with Crippen molar-refractivity contribution in [2.75, 3.05) is 56.0 Å². The number of carbonyl (C=O) groups excluding carboxylic acids is 2. The largest absolute Gasteiger partial charge is 0.374 e. The third-order valence-electron chi connectivity index (χ3n) is 7.36. The summed E-state index contributed by atoms with van der Waals surface area (Å²) in [5.74, 6) is 8.10. The maximum absolute atomic E-state index is 11.9. The minimum Gasteiger partial charge on any atom is -0.374 e. The molecule has 3 atom stereocenters. The molecule has 3 heterocycles. The van der Waals surface area contributed by atoms with Gasteiger partial charge in [0.25, 0.3) is 0 Å². The van der Waals surface area contributed by atoms with E-state index in [1.54, 1.807) is 0 Å². The molecule has 5 rings (SSSR count). The number of anilines is 2. The summed E-state index contributed by atoms with van der Waals surface area (Å²) in [6.45, 7) is 7.73. The first-order valence-electron chi connectivity index (χ1n) is 11.2. The Kier molecular flexibility index (Phi) is 5.39. The zero-order valence-corrected chi connectivity index (χ0v) is 17.4. The number of hydrogen-bond donors (Lipinski definition) is 3. The number of piperazine rings is 1. The molecule has 0 bridgehead atoms. The molecule has 30 heavy (non-hydrogen) atoms. The van der Waals surface area contributed by atoms with E-state index in [4.69, 9.17) is 5.84 Å². The molecular weight excluding hydrogens is 380 g/mol. The summed E-state index contributed by atoms with van der Waals surface area (Å²) >= 11 is 0. The van der Waals surface area contributed by atoms with Gasteiger partial charge in [0.1, 0.15) is 6.04 Å². The van der Waals surface area contributed by atoms with E-state index < -0.39 is 0 Å². The highest BCUT2D eigenvalue weighted by atomic mass is 16.2.